The van der Waals surface area contributed by atoms with Gasteiger partial charge in [-0.3, -0.25) is 9.36 Å². The van der Waals surface area contributed by atoms with Crippen molar-refractivity contribution in [2.45, 2.75) is 5.16 Å². The number of aromatic nitrogens is 3. The van der Waals surface area contributed by atoms with Crippen molar-refractivity contribution in [3.8, 4) is 22.8 Å². The highest BCUT2D eigenvalue weighted by Gasteiger charge is 2.17. The third-order valence-electron chi connectivity index (χ3n) is 4.85. The molecule has 7 nitrogen and oxygen atoms in total. The van der Waals surface area contributed by atoms with E-state index in [4.69, 9.17) is 4.74 Å². The van der Waals surface area contributed by atoms with Gasteiger partial charge in [-0.25, -0.2) is 5.43 Å². The summed E-state index contributed by atoms with van der Waals surface area (Å²) >= 11 is 4.77. The molecule has 0 bridgehead atoms. The fourth-order valence-electron chi connectivity index (χ4n) is 3.23. The Morgan fingerprint density at radius 1 is 1.06 bits per heavy atom. The van der Waals surface area contributed by atoms with Crippen molar-refractivity contribution < 1.29 is 9.53 Å². The number of methoxy groups -OCH3 is 1. The van der Waals surface area contributed by atoms with Gasteiger partial charge in [-0.15, -0.1) is 10.2 Å². The number of nitrogens with one attached hydrogen (secondary N) is 1. The standard InChI is InChI=1S/C26H22BrN5O2S/c1-34-23-12-6-5-8-19(23)11-7-17-28-29-24(33)18-35-26-31-30-25(20-9-3-2-4-10-20)32(26)22-15-13-21(27)14-16-22/h2-17H,18H2,1H3,(H,29,33)/b11-7-,28-17-. The molecule has 35 heavy (non-hydrogen) atoms. The Balaban J connectivity index is 1.42. The Hall–Kier alpha value is -3.69. The molecule has 1 aromatic heterocycles. The Morgan fingerprint density at radius 2 is 1.80 bits per heavy atom. The fraction of sp³-hybridized carbons (Fsp3) is 0.0769. The van der Waals surface area contributed by atoms with E-state index in [9.17, 15) is 4.79 Å². The summed E-state index contributed by atoms with van der Waals surface area (Å²) in [6, 6.07) is 25.3. The molecule has 0 aliphatic heterocycles. The highest BCUT2D eigenvalue weighted by molar-refractivity contribution is 9.10. The van der Waals surface area contributed by atoms with E-state index < -0.39 is 0 Å². The number of nitrogens with zero attached hydrogens (tertiary/aromatic N) is 4. The molecule has 4 aromatic rings. The molecule has 0 fully saturated rings. The van der Waals surface area contributed by atoms with Gasteiger partial charge in [-0.1, -0.05) is 76.2 Å². The number of ether oxygens (including phenoxy) is 1. The minimum absolute atomic E-state index is 0.136. The van der Waals surface area contributed by atoms with Gasteiger partial charge in [0.1, 0.15) is 5.75 Å². The summed E-state index contributed by atoms with van der Waals surface area (Å²) in [5, 5.41) is 13.3. The first kappa shape index (κ1) is 24.4. The first-order valence-electron chi connectivity index (χ1n) is 10.7. The van der Waals surface area contributed by atoms with Crippen LogP contribution in [-0.2, 0) is 4.79 Å². The largest absolute Gasteiger partial charge is 0.496 e. The van der Waals surface area contributed by atoms with Crippen LogP contribution < -0.4 is 10.2 Å². The van der Waals surface area contributed by atoms with Crippen LogP contribution in [0.3, 0.4) is 0 Å². The fourth-order valence-corrected chi connectivity index (χ4v) is 4.23. The van der Waals surface area contributed by atoms with E-state index in [2.05, 4.69) is 36.7 Å². The average Bonchev–Trinajstić information content (AvgIpc) is 3.32. The minimum atomic E-state index is -0.247. The van der Waals surface area contributed by atoms with Crippen molar-refractivity contribution in [3.05, 3.63) is 95.0 Å². The Morgan fingerprint density at radius 3 is 2.57 bits per heavy atom. The topological polar surface area (TPSA) is 81.4 Å². The molecule has 0 unspecified atom stereocenters. The zero-order valence-corrected chi connectivity index (χ0v) is 21.2. The lowest BCUT2D eigenvalue weighted by Crippen LogP contribution is -2.19. The number of rotatable bonds is 9. The second kappa shape index (κ2) is 12.1. The minimum Gasteiger partial charge on any atom is -0.496 e. The number of para-hydroxylation sites is 1. The van der Waals surface area contributed by atoms with E-state index in [1.165, 1.54) is 18.0 Å². The first-order valence-corrected chi connectivity index (χ1v) is 12.4. The lowest BCUT2D eigenvalue weighted by molar-refractivity contribution is -0.118. The monoisotopic (exact) mass is 547 g/mol. The number of benzene rings is 3. The maximum absolute atomic E-state index is 12.4. The molecule has 3 aromatic carbocycles. The second-order valence-electron chi connectivity index (χ2n) is 7.19. The van der Waals surface area contributed by atoms with Crippen LogP contribution in [0.2, 0.25) is 0 Å². The first-order chi connectivity index (χ1) is 17.2. The predicted octanol–water partition coefficient (Wildman–Crippen LogP) is 5.61. The lowest BCUT2D eigenvalue weighted by Gasteiger charge is -2.10. The van der Waals surface area contributed by atoms with E-state index in [-0.39, 0.29) is 11.7 Å². The van der Waals surface area contributed by atoms with Gasteiger partial charge in [0.25, 0.3) is 5.91 Å². The molecular formula is C26H22BrN5O2S. The number of hydrogen-bond acceptors (Lipinski definition) is 6. The van der Waals surface area contributed by atoms with E-state index >= 15 is 0 Å². The van der Waals surface area contributed by atoms with Crippen molar-refractivity contribution >= 4 is 45.9 Å². The van der Waals surface area contributed by atoms with Crippen LogP contribution >= 0.6 is 27.7 Å². The number of carbonyl (C=O) groups is 1. The zero-order chi connectivity index (χ0) is 24.5. The van der Waals surface area contributed by atoms with Crippen LogP contribution in [-0.4, -0.2) is 39.7 Å². The summed E-state index contributed by atoms with van der Waals surface area (Å²) < 4.78 is 8.23. The average molecular weight is 548 g/mol. The third-order valence-corrected chi connectivity index (χ3v) is 6.30. The molecule has 0 saturated carbocycles. The van der Waals surface area contributed by atoms with Crippen LogP contribution in [0.25, 0.3) is 23.2 Å². The maximum atomic E-state index is 12.4. The molecule has 4 rings (SSSR count). The van der Waals surface area contributed by atoms with Crippen LogP contribution in [0, 0.1) is 0 Å². The van der Waals surface area contributed by atoms with Gasteiger partial charge < -0.3 is 4.74 Å². The van der Waals surface area contributed by atoms with E-state index in [0.29, 0.717) is 11.0 Å². The van der Waals surface area contributed by atoms with Gasteiger partial charge in [0, 0.05) is 27.5 Å². The number of thioether (sulfide) groups is 1. The van der Waals surface area contributed by atoms with Crippen LogP contribution in [0.4, 0.5) is 0 Å². The number of amides is 1. The molecule has 0 atom stereocenters. The molecule has 0 saturated heterocycles. The molecule has 1 heterocycles. The number of halogens is 1. The summed E-state index contributed by atoms with van der Waals surface area (Å²) in [6.45, 7) is 0. The molecule has 0 radical (unpaired) electrons. The van der Waals surface area contributed by atoms with Crippen molar-refractivity contribution in [2.24, 2.45) is 5.10 Å². The summed E-state index contributed by atoms with van der Waals surface area (Å²) in [4.78, 5) is 12.4. The quantitative estimate of drug-likeness (QED) is 0.167. The molecule has 1 amide bonds. The molecule has 0 aliphatic rings. The normalized spacial score (nSPS) is 11.3. The van der Waals surface area contributed by atoms with Crippen molar-refractivity contribution in [3.63, 3.8) is 0 Å². The molecular weight excluding hydrogens is 526 g/mol. The van der Waals surface area contributed by atoms with Gasteiger partial charge in [0.2, 0.25) is 0 Å². The van der Waals surface area contributed by atoms with Gasteiger partial charge in [-0.2, -0.15) is 5.10 Å². The van der Waals surface area contributed by atoms with E-state index in [1.54, 1.807) is 13.2 Å². The number of hydrazone groups is 1. The Kier molecular flexibility index (Phi) is 8.48. The van der Waals surface area contributed by atoms with Gasteiger partial charge in [0.15, 0.2) is 11.0 Å². The zero-order valence-electron chi connectivity index (χ0n) is 18.8. The van der Waals surface area contributed by atoms with Crippen molar-refractivity contribution in [1.29, 1.82) is 0 Å². The smallest absolute Gasteiger partial charge is 0.250 e. The van der Waals surface area contributed by atoms with Gasteiger partial charge in [0.05, 0.1) is 12.9 Å². The number of allylic oxidation sites excluding steroid dienone is 1. The molecule has 0 aliphatic carbocycles. The number of carbonyl (C=O) groups excluding carboxylic acids is 1. The van der Waals surface area contributed by atoms with Gasteiger partial charge in [-0.05, 0) is 42.5 Å². The summed E-state index contributed by atoms with van der Waals surface area (Å²) in [6.07, 6.45) is 5.11. The highest BCUT2D eigenvalue weighted by Crippen LogP contribution is 2.28. The van der Waals surface area contributed by atoms with E-state index in [1.807, 2.05) is 89.5 Å². The lowest BCUT2D eigenvalue weighted by atomic mass is 10.2. The maximum Gasteiger partial charge on any atom is 0.250 e. The molecule has 9 heteroatoms. The summed E-state index contributed by atoms with van der Waals surface area (Å²) in [7, 11) is 1.62. The molecule has 176 valence electrons. The highest BCUT2D eigenvalue weighted by atomic mass is 79.9. The molecule has 1 N–H and O–H groups in total. The Labute approximate surface area is 216 Å². The van der Waals surface area contributed by atoms with Crippen LogP contribution in [0.1, 0.15) is 5.56 Å². The van der Waals surface area contributed by atoms with Crippen molar-refractivity contribution in [1.82, 2.24) is 20.2 Å². The summed E-state index contributed by atoms with van der Waals surface area (Å²) in [5.41, 5.74) is 5.30. The van der Waals surface area contributed by atoms with Crippen molar-refractivity contribution in [2.75, 3.05) is 12.9 Å². The second-order valence-corrected chi connectivity index (χ2v) is 9.05. The van der Waals surface area contributed by atoms with Gasteiger partial charge >= 0.3 is 0 Å². The molecule has 0 spiro atoms. The third kappa shape index (κ3) is 6.46. The predicted molar refractivity (Wildman–Crippen MR) is 144 cm³/mol. The van der Waals surface area contributed by atoms with Crippen LogP contribution in [0.5, 0.6) is 5.75 Å². The Bertz CT molecular complexity index is 1340. The SMILES string of the molecule is COc1ccccc1/C=C\C=N/NC(=O)CSc1nnc(-c2ccccc2)n1-c1ccc(Br)cc1. The summed E-state index contributed by atoms with van der Waals surface area (Å²) in [5.74, 6) is 1.36. The van der Waals surface area contributed by atoms with E-state index in [0.717, 1.165) is 27.0 Å². The van der Waals surface area contributed by atoms with Crippen LogP contribution in [0.15, 0.2) is 99.7 Å². The number of hydrogen-bond donors (Lipinski definition) is 1.